The second kappa shape index (κ2) is 9.20. The lowest BCUT2D eigenvalue weighted by molar-refractivity contribution is -0.141. The van der Waals surface area contributed by atoms with Crippen LogP contribution in [-0.2, 0) is 16.0 Å². The van der Waals surface area contributed by atoms with Crippen LogP contribution in [0.5, 0.6) is 0 Å². The molecular weight excluding hydrogens is 278 g/mol. The van der Waals surface area contributed by atoms with Gasteiger partial charge in [-0.2, -0.15) is 0 Å². The molecule has 0 aliphatic carbocycles. The predicted molar refractivity (Wildman–Crippen MR) is 87.5 cm³/mol. The van der Waals surface area contributed by atoms with Gasteiger partial charge in [-0.15, -0.1) is 0 Å². The van der Waals surface area contributed by atoms with Gasteiger partial charge >= 0.3 is 0 Å². The Bertz CT molecular complexity index is 474. The van der Waals surface area contributed by atoms with E-state index in [2.05, 4.69) is 12.1 Å². The van der Waals surface area contributed by atoms with Gasteiger partial charge in [0.05, 0.1) is 0 Å². The van der Waals surface area contributed by atoms with Crippen LogP contribution in [0.3, 0.4) is 0 Å². The zero-order valence-electron chi connectivity index (χ0n) is 13.5. The number of primary amides is 1. The molecule has 0 spiro atoms. The average molecular weight is 305 g/mol. The third kappa shape index (κ3) is 5.85. The molecule has 1 atom stereocenters. The molecule has 0 saturated heterocycles. The van der Waals surface area contributed by atoms with Gasteiger partial charge in [0.1, 0.15) is 6.04 Å². The first-order chi connectivity index (χ1) is 10.4. The summed E-state index contributed by atoms with van der Waals surface area (Å²) in [5, 5.41) is 1.00. The third-order valence-electron chi connectivity index (χ3n) is 3.71. The largest absolute Gasteiger partial charge is 0.368 e. The Morgan fingerprint density at radius 3 is 2.27 bits per heavy atom. The summed E-state index contributed by atoms with van der Waals surface area (Å²) in [5.74, 6) is 4.87. The van der Waals surface area contributed by atoms with Gasteiger partial charge in [-0.05, 0) is 30.7 Å². The molecule has 1 rings (SSSR count). The van der Waals surface area contributed by atoms with Gasteiger partial charge in [-0.3, -0.25) is 14.6 Å². The molecule has 5 nitrogen and oxygen atoms in total. The number of unbranched alkanes of at least 4 members (excludes halogenated alkanes) is 2. The minimum absolute atomic E-state index is 0.0930. The number of hydrogen-bond acceptors (Lipinski definition) is 3. The monoisotopic (exact) mass is 305 g/mol. The summed E-state index contributed by atoms with van der Waals surface area (Å²) < 4.78 is 0. The molecular formula is C17H27N3O2. The average Bonchev–Trinajstić information content (AvgIpc) is 2.47. The van der Waals surface area contributed by atoms with E-state index in [1.807, 2.05) is 32.0 Å². The summed E-state index contributed by atoms with van der Waals surface area (Å²) in [6.45, 7) is 3.64. The first-order valence-corrected chi connectivity index (χ1v) is 7.83. The Morgan fingerprint density at radius 1 is 1.09 bits per heavy atom. The number of nitrogens with two attached hydrogens (primary N) is 2. The van der Waals surface area contributed by atoms with E-state index >= 15 is 0 Å². The van der Waals surface area contributed by atoms with Gasteiger partial charge in [-0.1, -0.05) is 50.6 Å². The molecule has 5 heteroatoms. The molecule has 1 aromatic carbocycles. The molecule has 2 amide bonds. The fraction of sp³-hybridized carbons (Fsp3) is 0.529. The Labute approximate surface area is 132 Å². The van der Waals surface area contributed by atoms with Crippen LogP contribution < -0.4 is 11.6 Å². The molecule has 0 heterocycles. The quantitative estimate of drug-likeness (QED) is 0.316. The number of aryl methyl sites for hydroxylation is 1. The van der Waals surface area contributed by atoms with Gasteiger partial charge in [0.2, 0.25) is 11.8 Å². The van der Waals surface area contributed by atoms with Gasteiger partial charge in [0, 0.05) is 6.42 Å². The minimum Gasteiger partial charge on any atom is -0.368 e. The Balaban J connectivity index is 2.29. The van der Waals surface area contributed by atoms with Gasteiger partial charge in [-0.25, -0.2) is 5.84 Å². The van der Waals surface area contributed by atoms with Crippen molar-refractivity contribution >= 4 is 11.8 Å². The Morgan fingerprint density at radius 2 is 1.73 bits per heavy atom. The van der Waals surface area contributed by atoms with Crippen LogP contribution in [0.15, 0.2) is 30.3 Å². The van der Waals surface area contributed by atoms with E-state index in [1.54, 1.807) is 0 Å². The van der Waals surface area contributed by atoms with Crippen LogP contribution in [0.1, 0.15) is 45.1 Å². The smallest absolute Gasteiger partial charge is 0.242 e. The fourth-order valence-corrected chi connectivity index (χ4v) is 2.50. The normalized spacial score (nSPS) is 12.2. The lowest BCUT2D eigenvalue weighted by Crippen LogP contribution is -2.54. The molecule has 122 valence electrons. The van der Waals surface area contributed by atoms with Crippen LogP contribution in [0.25, 0.3) is 0 Å². The molecule has 4 N–H and O–H groups in total. The van der Waals surface area contributed by atoms with Crippen LogP contribution in [0.4, 0.5) is 0 Å². The molecule has 0 aliphatic rings. The van der Waals surface area contributed by atoms with Crippen molar-refractivity contribution in [3.8, 4) is 0 Å². The highest BCUT2D eigenvalue weighted by molar-refractivity contribution is 5.86. The van der Waals surface area contributed by atoms with E-state index in [0.29, 0.717) is 6.42 Å². The summed E-state index contributed by atoms with van der Waals surface area (Å²) in [7, 11) is 0. The molecule has 0 saturated carbocycles. The molecule has 1 aromatic rings. The lowest BCUT2D eigenvalue weighted by atomic mass is 10.0. The number of amides is 2. The number of carbonyl (C=O) groups excluding carboxylic acids is 2. The van der Waals surface area contributed by atoms with Crippen molar-refractivity contribution in [3.63, 3.8) is 0 Å². The Kier molecular flexibility index (Phi) is 7.60. The summed E-state index contributed by atoms with van der Waals surface area (Å²) in [6, 6.07) is 9.53. The molecule has 22 heavy (non-hydrogen) atoms. The number of hydrazine groups is 1. The van der Waals surface area contributed by atoms with E-state index in [9.17, 15) is 9.59 Å². The van der Waals surface area contributed by atoms with Crippen molar-refractivity contribution in [1.82, 2.24) is 5.01 Å². The van der Waals surface area contributed by atoms with Gasteiger partial charge in [0.15, 0.2) is 0 Å². The molecule has 0 aliphatic heterocycles. The molecule has 0 aromatic heterocycles. The maximum atomic E-state index is 12.0. The van der Waals surface area contributed by atoms with Crippen molar-refractivity contribution in [2.24, 2.45) is 17.5 Å². The standard InChI is InChI=1S/C17H27N3O2/c1-13(2)16(17(18)22)20(19)15(21)12-8-4-7-11-14-9-5-3-6-10-14/h3,5-6,9-10,13,16H,4,7-8,11-12,19H2,1-2H3,(H2,18,22)/t16-/m0/s1. The van der Waals surface area contributed by atoms with Crippen LogP contribution in [0, 0.1) is 5.92 Å². The Hall–Kier alpha value is -1.88. The SMILES string of the molecule is CC(C)[C@@H](C(N)=O)N(N)C(=O)CCCCCc1ccccc1. The van der Waals surface area contributed by atoms with Crippen molar-refractivity contribution in [2.45, 2.75) is 52.0 Å². The van der Waals surface area contributed by atoms with Crippen molar-refractivity contribution in [3.05, 3.63) is 35.9 Å². The number of hydrogen-bond donors (Lipinski definition) is 2. The zero-order chi connectivity index (χ0) is 16.5. The topological polar surface area (TPSA) is 89.4 Å². The number of nitrogens with zero attached hydrogens (tertiary/aromatic N) is 1. The summed E-state index contributed by atoms with van der Waals surface area (Å²) in [6.07, 6.45) is 4.12. The maximum absolute atomic E-state index is 12.0. The van der Waals surface area contributed by atoms with Gasteiger partial charge < -0.3 is 5.73 Å². The van der Waals surface area contributed by atoms with Crippen LogP contribution in [-0.4, -0.2) is 22.9 Å². The highest BCUT2D eigenvalue weighted by Gasteiger charge is 2.28. The highest BCUT2D eigenvalue weighted by Crippen LogP contribution is 2.11. The van der Waals surface area contributed by atoms with Crippen LogP contribution >= 0.6 is 0 Å². The van der Waals surface area contributed by atoms with Crippen molar-refractivity contribution in [1.29, 1.82) is 0 Å². The second-order valence-electron chi connectivity index (χ2n) is 5.94. The summed E-state index contributed by atoms with van der Waals surface area (Å²) >= 11 is 0. The molecule has 0 bridgehead atoms. The van der Waals surface area contributed by atoms with Crippen molar-refractivity contribution in [2.75, 3.05) is 0 Å². The lowest BCUT2D eigenvalue weighted by Gasteiger charge is -2.27. The van der Waals surface area contributed by atoms with Gasteiger partial charge in [0.25, 0.3) is 0 Å². The van der Waals surface area contributed by atoms with Crippen molar-refractivity contribution < 1.29 is 9.59 Å². The maximum Gasteiger partial charge on any atom is 0.242 e. The minimum atomic E-state index is -0.739. The zero-order valence-corrected chi connectivity index (χ0v) is 13.5. The summed E-state index contributed by atoms with van der Waals surface area (Å²) in [5.41, 5.74) is 6.61. The predicted octanol–water partition coefficient (Wildman–Crippen LogP) is 2.00. The third-order valence-corrected chi connectivity index (χ3v) is 3.71. The van der Waals surface area contributed by atoms with E-state index in [4.69, 9.17) is 11.6 Å². The first kappa shape index (κ1) is 18.2. The van der Waals surface area contributed by atoms with E-state index in [-0.39, 0.29) is 11.8 Å². The molecule has 0 unspecified atom stereocenters. The first-order valence-electron chi connectivity index (χ1n) is 7.83. The second-order valence-corrected chi connectivity index (χ2v) is 5.94. The van der Waals surface area contributed by atoms with Crippen LogP contribution in [0.2, 0.25) is 0 Å². The highest BCUT2D eigenvalue weighted by atomic mass is 16.2. The van der Waals surface area contributed by atoms with E-state index < -0.39 is 11.9 Å². The number of carbonyl (C=O) groups is 2. The number of rotatable bonds is 9. The molecule has 0 fully saturated rings. The summed E-state index contributed by atoms with van der Waals surface area (Å²) in [4.78, 5) is 23.4. The van der Waals surface area contributed by atoms with E-state index in [1.165, 1.54) is 5.56 Å². The fourth-order valence-electron chi connectivity index (χ4n) is 2.50. The van der Waals surface area contributed by atoms with E-state index in [0.717, 1.165) is 30.7 Å². The number of benzene rings is 1. The molecule has 0 radical (unpaired) electrons.